The van der Waals surface area contributed by atoms with E-state index in [-0.39, 0.29) is 12.3 Å². The van der Waals surface area contributed by atoms with Crippen LogP contribution in [-0.2, 0) is 4.79 Å². The zero-order valence-electron chi connectivity index (χ0n) is 17.6. The molecule has 2 aromatic rings. The highest BCUT2D eigenvalue weighted by molar-refractivity contribution is 6.30. The van der Waals surface area contributed by atoms with Crippen LogP contribution in [0.5, 0.6) is 5.75 Å². The summed E-state index contributed by atoms with van der Waals surface area (Å²) in [6, 6.07) is 7.79. The second-order valence-electron chi connectivity index (χ2n) is 8.21. The van der Waals surface area contributed by atoms with Crippen LogP contribution in [0.15, 0.2) is 36.7 Å². The highest BCUT2D eigenvalue weighted by atomic mass is 35.5. The molecule has 30 heavy (non-hydrogen) atoms. The Hall–Kier alpha value is -2.34. The third-order valence-electron chi connectivity index (χ3n) is 6.01. The van der Waals surface area contributed by atoms with Gasteiger partial charge in [0.15, 0.2) is 0 Å². The molecule has 1 N–H and O–H groups in total. The van der Waals surface area contributed by atoms with Crippen molar-refractivity contribution in [2.45, 2.75) is 45.4 Å². The Bertz CT molecular complexity index is 805. The molecule has 6 nitrogen and oxygen atoms in total. The highest BCUT2D eigenvalue weighted by Gasteiger charge is 2.25. The fourth-order valence-electron chi connectivity index (χ4n) is 4.01. The number of rotatable bonds is 9. The van der Waals surface area contributed by atoms with Crippen LogP contribution < -0.4 is 9.64 Å². The predicted molar refractivity (Wildman–Crippen MR) is 118 cm³/mol. The van der Waals surface area contributed by atoms with Gasteiger partial charge in [0.05, 0.1) is 30.4 Å². The van der Waals surface area contributed by atoms with E-state index in [1.807, 2.05) is 31.2 Å². The predicted octanol–water partition coefficient (Wildman–Crippen LogP) is 5.03. The molecule has 162 valence electrons. The molecule has 1 saturated heterocycles. The van der Waals surface area contributed by atoms with Gasteiger partial charge in [-0.2, -0.15) is 0 Å². The number of anilines is 1. The smallest absolute Gasteiger partial charge is 0.303 e. The van der Waals surface area contributed by atoms with Gasteiger partial charge in [0.2, 0.25) is 5.95 Å². The van der Waals surface area contributed by atoms with Crippen LogP contribution in [-0.4, -0.2) is 40.7 Å². The maximum absolute atomic E-state index is 10.8. The van der Waals surface area contributed by atoms with Crippen molar-refractivity contribution in [3.63, 3.8) is 0 Å². The van der Waals surface area contributed by atoms with Gasteiger partial charge >= 0.3 is 5.97 Å². The number of aliphatic carboxylic acids is 1. The summed E-state index contributed by atoms with van der Waals surface area (Å²) in [6.07, 6.45) is 6.71. The monoisotopic (exact) mass is 431 g/mol. The van der Waals surface area contributed by atoms with Crippen molar-refractivity contribution in [2.75, 3.05) is 24.6 Å². The number of hydrogen-bond donors (Lipinski definition) is 1. The number of hydrogen-bond acceptors (Lipinski definition) is 5. The average Bonchev–Trinajstić information content (AvgIpc) is 2.74. The van der Waals surface area contributed by atoms with Crippen LogP contribution in [0.4, 0.5) is 5.95 Å². The Morgan fingerprint density at radius 3 is 2.43 bits per heavy atom. The van der Waals surface area contributed by atoms with Gasteiger partial charge in [-0.15, -0.1) is 0 Å². The summed E-state index contributed by atoms with van der Waals surface area (Å²) < 4.78 is 5.93. The molecule has 0 aliphatic carbocycles. The second-order valence-corrected chi connectivity index (χ2v) is 8.64. The Morgan fingerprint density at radius 1 is 1.20 bits per heavy atom. The van der Waals surface area contributed by atoms with Crippen molar-refractivity contribution in [2.24, 2.45) is 11.8 Å². The van der Waals surface area contributed by atoms with Gasteiger partial charge in [0.1, 0.15) is 5.75 Å². The number of benzene rings is 1. The van der Waals surface area contributed by atoms with Crippen molar-refractivity contribution < 1.29 is 14.6 Å². The van der Waals surface area contributed by atoms with Crippen molar-refractivity contribution in [1.82, 2.24) is 9.97 Å². The molecule has 1 aliphatic heterocycles. The number of carbonyl (C=O) groups is 1. The summed E-state index contributed by atoms with van der Waals surface area (Å²) in [5.41, 5.74) is 1.02. The molecule has 3 rings (SSSR count). The summed E-state index contributed by atoms with van der Waals surface area (Å²) in [5, 5.41) is 9.48. The number of halogens is 1. The fourth-order valence-corrected chi connectivity index (χ4v) is 4.11. The van der Waals surface area contributed by atoms with Crippen molar-refractivity contribution in [3.8, 4) is 5.75 Å². The van der Waals surface area contributed by atoms with Crippen LogP contribution in [0.2, 0.25) is 5.02 Å². The van der Waals surface area contributed by atoms with Crippen molar-refractivity contribution in [1.29, 1.82) is 0 Å². The van der Waals surface area contributed by atoms with Crippen molar-refractivity contribution >= 4 is 23.5 Å². The van der Waals surface area contributed by atoms with Crippen LogP contribution in [0.25, 0.3) is 0 Å². The van der Waals surface area contributed by atoms with E-state index in [1.165, 1.54) is 0 Å². The average molecular weight is 432 g/mol. The van der Waals surface area contributed by atoms with E-state index in [9.17, 15) is 4.79 Å². The molecule has 2 heterocycles. The summed E-state index contributed by atoms with van der Waals surface area (Å²) in [7, 11) is 0. The van der Waals surface area contributed by atoms with E-state index < -0.39 is 5.97 Å². The minimum Gasteiger partial charge on any atom is -0.494 e. The molecule has 1 unspecified atom stereocenters. The molecular formula is C23H30ClN3O3. The summed E-state index contributed by atoms with van der Waals surface area (Å²) >= 11 is 5.87. The van der Waals surface area contributed by atoms with Gasteiger partial charge in [-0.05, 0) is 54.7 Å². The number of carboxylic acid groups (broad SMARTS) is 1. The van der Waals surface area contributed by atoms with Crippen LogP contribution in [0.1, 0.15) is 51.0 Å². The molecule has 2 atom stereocenters. The highest BCUT2D eigenvalue weighted by Crippen LogP contribution is 2.29. The molecule has 0 saturated carbocycles. The van der Waals surface area contributed by atoms with Gasteiger partial charge in [-0.3, -0.25) is 4.79 Å². The first kappa shape index (κ1) is 22.3. The SMILES string of the molecule is CC(CC(=O)O)c1ccc(OCC[C@@H](C)C2CCN(c3ncc(Cl)cn3)CC2)cc1. The fraction of sp³-hybridized carbons (Fsp3) is 0.522. The Morgan fingerprint density at radius 2 is 1.83 bits per heavy atom. The van der Waals surface area contributed by atoms with E-state index in [1.54, 1.807) is 12.4 Å². The third-order valence-corrected chi connectivity index (χ3v) is 6.20. The molecule has 1 aliphatic rings. The number of carboxylic acids is 1. The molecular weight excluding hydrogens is 402 g/mol. The first-order chi connectivity index (χ1) is 14.4. The normalized spacial score (nSPS) is 16.8. The summed E-state index contributed by atoms with van der Waals surface area (Å²) in [4.78, 5) is 21.7. The standard InChI is InChI=1S/C23H30ClN3O3/c1-16(19-7-10-27(11-8-19)23-25-14-20(24)15-26-23)9-12-30-21-5-3-18(4-6-21)17(2)13-22(28)29/h3-6,14-17,19H,7-13H2,1-2H3,(H,28,29)/t16-,17?/m1/s1. The van der Waals surface area contributed by atoms with Crippen LogP contribution in [0.3, 0.4) is 0 Å². The lowest BCUT2D eigenvalue weighted by Gasteiger charge is -2.34. The second kappa shape index (κ2) is 10.6. The zero-order chi connectivity index (χ0) is 21.5. The Labute approximate surface area is 183 Å². The first-order valence-electron chi connectivity index (χ1n) is 10.6. The molecule has 1 aromatic heterocycles. The minimum absolute atomic E-state index is 0.000659. The Kier molecular flexibility index (Phi) is 7.91. The topological polar surface area (TPSA) is 75.6 Å². The molecule has 7 heteroatoms. The molecule has 1 aromatic carbocycles. The van der Waals surface area contributed by atoms with Gasteiger partial charge in [-0.25, -0.2) is 9.97 Å². The summed E-state index contributed by atoms with van der Waals surface area (Å²) in [6.45, 7) is 6.85. The van der Waals surface area contributed by atoms with E-state index in [2.05, 4.69) is 21.8 Å². The number of aromatic nitrogens is 2. The van der Waals surface area contributed by atoms with Gasteiger partial charge in [0, 0.05) is 13.1 Å². The van der Waals surface area contributed by atoms with E-state index in [0.717, 1.165) is 49.6 Å². The largest absolute Gasteiger partial charge is 0.494 e. The maximum atomic E-state index is 10.8. The molecule has 0 radical (unpaired) electrons. The van der Waals surface area contributed by atoms with E-state index in [4.69, 9.17) is 21.4 Å². The summed E-state index contributed by atoms with van der Waals surface area (Å²) in [5.74, 6) is 2.09. The molecule has 0 amide bonds. The lowest BCUT2D eigenvalue weighted by molar-refractivity contribution is -0.137. The minimum atomic E-state index is -0.775. The quantitative estimate of drug-likeness (QED) is 0.600. The Balaban J connectivity index is 1.39. The number of ether oxygens (including phenoxy) is 1. The first-order valence-corrected chi connectivity index (χ1v) is 11.0. The van der Waals surface area contributed by atoms with Crippen LogP contribution >= 0.6 is 11.6 Å². The lowest BCUT2D eigenvalue weighted by atomic mass is 9.84. The van der Waals surface area contributed by atoms with E-state index in [0.29, 0.717) is 23.5 Å². The van der Waals surface area contributed by atoms with Crippen molar-refractivity contribution in [3.05, 3.63) is 47.2 Å². The number of nitrogens with zero attached hydrogens (tertiary/aromatic N) is 3. The third kappa shape index (κ3) is 6.33. The van der Waals surface area contributed by atoms with Gasteiger partial charge in [0.25, 0.3) is 0 Å². The van der Waals surface area contributed by atoms with Crippen LogP contribution in [0, 0.1) is 11.8 Å². The van der Waals surface area contributed by atoms with Gasteiger partial charge in [-0.1, -0.05) is 37.6 Å². The lowest BCUT2D eigenvalue weighted by Crippen LogP contribution is -2.36. The van der Waals surface area contributed by atoms with Gasteiger partial charge < -0.3 is 14.7 Å². The molecule has 0 spiro atoms. The maximum Gasteiger partial charge on any atom is 0.303 e. The van der Waals surface area contributed by atoms with E-state index >= 15 is 0 Å². The molecule has 1 fully saturated rings. The molecule has 0 bridgehead atoms. The zero-order valence-corrected chi connectivity index (χ0v) is 18.4. The number of piperidine rings is 1.